The lowest BCUT2D eigenvalue weighted by Crippen LogP contribution is -2.51. The summed E-state index contributed by atoms with van der Waals surface area (Å²) in [5, 5.41) is 13.4. The quantitative estimate of drug-likeness (QED) is 0.645. The molecule has 2 N–H and O–H groups in total. The van der Waals surface area contributed by atoms with Crippen molar-refractivity contribution in [1.82, 2.24) is 20.0 Å². The molecule has 6 heteroatoms. The SMILES string of the molecule is CN1CCN(C(=O)CN(C)CC2(O)CCNC2)CC1. The largest absolute Gasteiger partial charge is 0.387 e. The van der Waals surface area contributed by atoms with Crippen LogP contribution in [-0.4, -0.2) is 97.8 Å². The van der Waals surface area contributed by atoms with Crippen LogP contribution >= 0.6 is 0 Å². The molecule has 0 radical (unpaired) electrons. The van der Waals surface area contributed by atoms with Crippen LogP contribution in [0.5, 0.6) is 0 Å². The highest BCUT2D eigenvalue weighted by atomic mass is 16.3. The molecule has 19 heavy (non-hydrogen) atoms. The number of likely N-dealkylation sites (N-methyl/N-ethyl adjacent to an activating group) is 2. The van der Waals surface area contributed by atoms with Crippen molar-refractivity contribution in [3.05, 3.63) is 0 Å². The van der Waals surface area contributed by atoms with Gasteiger partial charge >= 0.3 is 0 Å². The van der Waals surface area contributed by atoms with E-state index in [4.69, 9.17) is 0 Å². The maximum atomic E-state index is 12.2. The summed E-state index contributed by atoms with van der Waals surface area (Å²) in [7, 11) is 3.99. The molecule has 0 aromatic carbocycles. The molecule has 2 aliphatic heterocycles. The third kappa shape index (κ3) is 4.14. The van der Waals surface area contributed by atoms with E-state index in [9.17, 15) is 9.90 Å². The zero-order valence-electron chi connectivity index (χ0n) is 12.1. The van der Waals surface area contributed by atoms with E-state index in [0.717, 1.165) is 39.1 Å². The standard InChI is InChI=1S/C13H26N4O2/c1-15-5-7-17(8-6-15)12(18)9-16(2)11-13(19)3-4-14-10-13/h14,19H,3-11H2,1-2H3. The Morgan fingerprint density at radius 1 is 1.37 bits per heavy atom. The van der Waals surface area contributed by atoms with Crippen molar-refractivity contribution in [3.63, 3.8) is 0 Å². The van der Waals surface area contributed by atoms with E-state index in [1.165, 1.54) is 0 Å². The highest BCUT2D eigenvalue weighted by molar-refractivity contribution is 5.78. The minimum absolute atomic E-state index is 0.171. The molecule has 1 unspecified atom stereocenters. The number of rotatable bonds is 4. The average molecular weight is 270 g/mol. The number of amides is 1. The van der Waals surface area contributed by atoms with Crippen LogP contribution in [0.25, 0.3) is 0 Å². The summed E-state index contributed by atoms with van der Waals surface area (Å²) in [6.07, 6.45) is 0.764. The Morgan fingerprint density at radius 3 is 2.63 bits per heavy atom. The number of carbonyl (C=O) groups excluding carboxylic acids is 1. The summed E-state index contributed by atoms with van der Waals surface area (Å²) in [6, 6.07) is 0. The van der Waals surface area contributed by atoms with Gasteiger partial charge in [-0.15, -0.1) is 0 Å². The summed E-state index contributed by atoms with van der Waals surface area (Å²) in [6.45, 7) is 5.96. The van der Waals surface area contributed by atoms with Crippen molar-refractivity contribution in [2.24, 2.45) is 0 Å². The van der Waals surface area contributed by atoms with Gasteiger partial charge < -0.3 is 20.2 Å². The Hall–Kier alpha value is -0.690. The van der Waals surface area contributed by atoms with E-state index in [1.54, 1.807) is 0 Å². The lowest BCUT2D eigenvalue weighted by atomic mass is 10.0. The predicted molar refractivity (Wildman–Crippen MR) is 74.0 cm³/mol. The number of nitrogens with one attached hydrogen (secondary N) is 1. The molecule has 1 atom stereocenters. The van der Waals surface area contributed by atoms with Gasteiger partial charge in [0.15, 0.2) is 0 Å². The molecule has 0 bridgehead atoms. The minimum atomic E-state index is -0.669. The molecular formula is C13H26N4O2. The summed E-state index contributed by atoms with van der Waals surface area (Å²) in [5.41, 5.74) is -0.669. The van der Waals surface area contributed by atoms with Gasteiger partial charge in [0, 0.05) is 39.3 Å². The first-order valence-corrected chi connectivity index (χ1v) is 7.06. The van der Waals surface area contributed by atoms with Crippen LogP contribution in [0.15, 0.2) is 0 Å². The van der Waals surface area contributed by atoms with Crippen LogP contribution in [0.4, 0.5) is 0 Å². The highest BCUT2D eigenvalue weighted by Gasteiger charge is 2.32. The first-order valence-electron chi connectivity index (χ1n) is 7.06. The fourth-order valence-corrected chi connectivity index (χ4v) is 2.81. The molecule has 0 aliphatic carbocycles. The molecule has 0 saturated carbocycles. The molecular weight excluding hydrogens is 244 g/mol. The van der Waals surface area contributed by atoms with E-state index in [1.807, 2.05) is 16.8 Å². The molecule has 1 amide bonds. The van der Waals surface area contributed by atoms with Crippen molar-refractivity contribution in [2.45, 2.75) is 12.0 Å². The smallest absolute Gasteiger partial charge is 0.236 e. The number of hydrogen-bond acceptors (Lipinski definition) is 5. The zero-order chi connectivity index (χ0) is 13.9. The molecule has 2 heterocycles. The second kappa shape index (κ2) is 6.17. The average Bonchev–Trinajstić information content (AvgIpc) is 2.76. The van der Waals surface area contributed by atoms with Gasteiger partial charge in [0.25, 0.3) is 0 Å². The van der Waals surface area contributed by atoms with Crippen molar-refractivity contribution in [3.8, 4) is 0 Å². The van der Waals surface area contributed by atoms with E-state index in [0.29, 0.717) is 19.6 Å². The molecule has 2 saturated heterocycles. The molecule has 6 nitrogen and oxygen atoms in total. The van der Waals surface area contributed by atoms with Crippen LogP contribution in [0.2, 0.25) is 0 Å². The minimum Gasteiger partial charge on any atom is -0.387 e. The molecule has 0 spiro atoms. The number of nitrogens with zero attached hydrogens (tertiary/aromatic N) is 3. The number of piperazine rings is 1. The second-order valence-corrected chi connectivity index (χ2v) is 6.01. The highest BCUT2D eigenvalue weighted by Crippen LogP contribution is 2.15. The van der Waals surface area contributed by atoms with Gasteiger partial charge in [-0.3, -0.25) is 9.69 Å². The van der Waals surface area contributed by atoms with Gasteiger partial charge in [-0.25, -0.2) is 0 Å². The van der Waals surface area contributed by atoms with Gasteiger partial charge in [0.1, 0.15) is 0 Å². The summed E-state index contributed by atoms with van der Waals surface area (Å²) < 4.78 is 0. The topological polar surface area (TPSA) is 59.0 Å². The van der Waals surface area contributed by atoms with Gasteiger partial charge in [-0.05, 0) is 27.1 Å². The lowest BCUT2D eigenvalue weighted by Gasteiger charge is -2.34. The number of carbonyl (C=O) groups is 1. The Kier molecular flexibility index (Phi) is 4.78. The number of aliphatic hydroxyl groups is 1. The Balaban J connectivity index is 1.75. The van der Waals surface area contributed by atoms with Gasteiger partial charge in [-0.2, -0.15) is 0 Å². The van der Waals surface area contributed by atoms with E-state index in [-0.39, 0.29) is 5.91 Å². The van der Waals surface area contributed by atoms with Crippen LogP contribution in [0, 0.1) is 0 Å². The molecule has 110 valence electrons. The molecule has 2 aliphatic rings. The molecule has 0 aromatic heterocycles. The Bertz CT molecular complexity index is 310. The summed E-state index contributed by atoms with van der Waals surface area (Å²) in [5.74, 6) is 0.171. The molecule has 0 aromatic rings. The maximum absolute atomic E-state index is 12.2. The lowest BCUT2D eigenvalue weighted by molar-refractivity contribution is -0.134. The van der Waals surface area contributed by atoms with Crippen LogP contribution in [0.3, 0.4) is 0 Å². The third-order valence-corrected chi connectivity index (χ3v) is 4.05. The molecule has 2 fully saturated rings. The first-order chi connectivity index (χ1) is 8.98. The fourth-order valence-electron chi connectivity index (χ4n) is 2.81. The monoisotopic (exact) mass is 270 g/mol. The zero-order valence-corrected chi connectivity index (χ0v) is 12.1. The number of β-amino-alcohol motifs (C(OH)–C–C–N with tert-alkyl or cyclic N) is 1. The molecule has 2 rings (SSSR count). The van der Waals surface area contributed by atoms with Crippen molar-refractivity contribution in [1.29, 1.82) is 0 Å². The summed E-state index contributed by atoms with van der Waals surface area (Å²) in [4.78, 5) is 18.3. The van der Waals surface area contributed by atoms with E-state index in [2.05, 4.69) is 17.3 Å². The Morgan fingerprint density at radius 2 is 2.05 bits per heavy atom. The van der Waals surface area contributed by atoms with E-state index < -0.39 is 5.60 Å². The third-order valence-electron chi connectivity index (χ3n) is 4.05. The van der Waals surface area contributed by atoms with Crippen LogP contribution in [-0.2, 0) is 4.79 Å². The summed E-state index contributed by atoms with van der Waals surface area (Å²) >= 11 is 0. The van der Waals surface area contributed by atoms with Crippen LogP contribution in [0.1, 0.15) is 6.42 Å². The van der Waals surface area contributed by atoms with Crippen molar-refractivity contribution in [2.75, 3.05) is 66.5 Å². The second-order valence-electron chi connectivity index (χ2n) is 6.01. The Labute approximate surface area is 115 Å². The van der Waals surface area contributed by atoms with Gasteiger partial charge in [0.2, 0.25) is 5.91 Å². The van der Waals surface area contributed by atoms with Crippen LogP contribution < -0.4 is 5.32 Å². The fraction of sp³-hybridized carbons (Fsp3) is 0.923. The first kappa shape index (κ1) is 14.7. The van der Waals surface area contributed by atoms with Crippen molar-refractivity contribution < 1.29 is 9.90 Å². The maximum Gasteiger partial charge on any atom is 0.236 e. The van der Waals surface area contributed by atoms with E-state index >= 15 is 0 Å². The van der Waals surface area contributed by atoms with Crippen molar-refractivity contribution >= 4 is 5.91 Å². The predicted octanol–water partition coefficient (Wildman–Crippen LogP) is -1.58. The van der Waals surface area contributed by atoms with Gasteiger partial charge in [0.05, 0.1) is 12.1 Å². The van der Waals surface area contributed by atoms with Gasteiger partial charge in [-0.1, -0.05) is 0 Å². The normalized spacial score (nSPS) is 29.2. The number of hydrogen-bond donors (Lipinski definition) is 2.